The molecule has 0 heterocycles. The van der Waals surface area contributed by atoms with Gasteiger partial charge in [-0.25, -0.2) is 0 Å². The Labute approximate surface area is 61.1 Å². The van der Waals surface area contributed by atoms with Gasteiger partial charge in [0, 0.05) is 12.1 Å². The van der Waals surface area contributed by atoms with Crippen molar-refractivity contribution in [3.63, 3.8) is 0 Å². The Hall–Kier alpha value is -1.37. The van der Waals surface area contributed by atoms with Crippen LogP contribution in [0, 0.1) is 12.1 Å². The quantitative estimate of drug-likeness (QED) is 0.615. The van der Waals surface area contributed by atoms with Crippen LogP contribution in [0.1, 0.15) is 5.56 Å². The fourth-order valence-electron chi connectivity index (χ4n) is 0.566. The summed E-state index contributed by atoms with van der Waals surface area (Å²) >= 11 is 0. The Morgan fingerprint density at radius 1 is 1.36 bits per heavy atom. The molecule has 0 atom stereocenters. The highest BCUT2D eigenvalue weighted by Crippen LogP contribution is 2.28. The van der Waals surface area contributed by atoms with E-state index in [0.717, 1.165) is 6.07 Å². The minimum atomic E-state index is -4.46. The lowest BCUT2D eigenvalue weighted by molar-refractivity contribution is -0.137. The molecule has 1 nitrogen and oxygen atoms in total. The summed E-state index contributed by atoms with van der Waals surface area (Å²) in [4.78, 5) is 0. The molecule has 11 heavy (non-hydrogen) atoms. The number of rotatable bonds is 0. The van der Waals surface area contributed by atoms with Gasteiger partial charge in [0.05, 0.1) is 0 Å². The third kappa shape index (κ3) is 1.77. The first-order valence-electron chi connectivity index (χ1n) is 2.70. The molecule has 0 unspecified atom stereocenters. The van der Waals surface area contributed by atoms with E-state index < -0.39 is 17.5 Å². The van der Waals surface area contributed by atoms with Gasteiger partial charge in [0.15, 0.2) is 0 Å². The van der Waals surface area contributed by atoms with Gasteiger partial charge in [-0.2, -0.15) is 13.2 Å². The second-order valence-electron chi connectivity index (χ2n) is 1.89. The molecule has 0 saturated carbocycles. The summed E-state index contributed by atoms with van der Waals surface area (Å²) < 4.78 is 35.4. The predicted molar refractivity (Wildman–Crippen MR) is 30.8 cm³/mol. The first kappa shape index (κ1) is 7.73. The normalized spacial score (nSPS) is 10.8. The maximum Gasteiger partial charge on any atom is 0.424 e. The number of hydrogen-bond donors (Lipinski definition) is 1. The van der Waals surface area contributed by atoms with E-state index in [-0.39, 0.29) is 0 Å². The van der Waals surface area contributed by atoms with Crippen molar-refractivity contribution in [1.82, 2.24) is 0 Å². The number of alkyl halides is 3. The van der Waals surface area contributed by atoms with Gasteiger partial charge in [0.1, 0.15) is 11.3 Å². The molecule has 0 aliphatic rings. The minimum absolute atomic E-state index is 0.462. The highest BCUT2D eigenvalue weighted by molar-refractivity contribution is 5.24. The average Bonchev–Trinajstić information content (AvgIpc) is 1.86. The molecule has 0 amide bonds. The van der Waals surface area contributed by atoms with Gasteiger partial charge in [-0.15, -0.1) is 0 Å². The van der Waals surface area contributed by atoms with Gasteiger partial charge in [-0.3, -0.25) is 0 Å². The highest BCUT2D eigenvalue weighted by atomic mass is 19.4. The van der Waals surface area contributed by atoms with Crippen molar-refractivity contribution >= 4 is 0 Å². The van der Waals surface area contributed by atoms with Crippen LogP contribution in [0.2, 0.25) is 0 Å². The standard InChI is InChI=1S/C7H3F3O/c8-7(9,10)5-2-1-3-6(11)4-5/h3-4,11H. The maximum atomic E-state index is 11.8. The predicted octanol–water partition coefficient (Wildman–Crippen LogP) is 2.01. The molecule has 0 bridgehead atoms. The first-order chi connectivity index (χ1) is 5.00. The van der Waals surface area contributed by atoms with E-state index in [1.165, 1.54) is 0 Å². The van der Waals surface area contributed by atoms with Gasteiger partial charge >= 0.3 is 6.18 Å². The largest absolute Gasteiger partial charge is 0.507 e. The number of hydrogen-bond acceptors (Lipinski definition) is 1. The van der Waals surface area contributed by atoms with E-state index in [2.05, 4.69) is 0 Å². The zero-order chi connectivity index (χ0) is 8.48. The molecular formula is C7H3F3O. The van der Waals surface area contributed by atoms with E-state index in [9.17, 15) is 13.2 Å². The van der Waals surface area contributed by atoms with Crippen LogP contribution in [0.4, 0.5) is 13.2 Å². The molecule has 1 N–H and O–H groups in total. The van der Waals surface area contributed by atoms with Gasteiger partial charge in [-0.1, -0.05) is 12.1 Å². The molecule has 0 saturated heterocycles. The molecule has 1 aromatic carbocycles. The van der Waals surface area contributed by atoms with E-state index in [0.29, 0.717) is 6.07 Å². The zero-order valence-corrected chi connectivity index (χ0v) is 5.24. The maximum absolute atomic E-state index is 11.8. The summed E-state index contributed by atoms with van der Waals surface area (Å²) in [6, 6.07) is 5.48. The van der Waals surface area contributed by atoms with Crippen LogP contribution in [-0.2, 0) is 6.18 Å². The summed E-state index contributed by atoms with van der Waals surface area (Å²) in [5.41, 5.74) is -1.02. The van der Waals surface area contributed by atoms with Gasteiger partial charge < -0.3 is 5.11 Å². The Balaban J connectivity index is 3.06. The summed E-state index contributed by atoms with van der Waals surface area (Å²) in [5, 5.41) is 8.63. The molecule has 0 radical (unpaired) electrons. The molecule has 0 aromatic heterocycles. The van der Waals surface area contributed by atoms with Crippen LogP contribution in [0.3, 0.4) is 0 Å². The molecule has 0 aliphatic heterocycles. The minimum Gasteiger partial charge on any atom is -0.507 e. The molecular weight excluding hydrogens is 157 g/mol. The van der Waals surface area contributed by atoms with Crippen molar-refractivity contribution in [3.8, 4) is 5.75 Å². The van der Waals surface area contributed by atoms with Crippen molar-refractivity contribution in [2.24, 2.45) is 0 Å². The van der Waals surface area contributed by atoms with Crippen LogP contribution in [0.15, 0.2) is 12.1 Å². The van der Waals surface area contributed by atoms with E-state index in [4.69, 9.17) is 5.11 Å². The van der Waals surface area contributed by atoms with Crippen molar-refractivity contribution in [2.45, 2.75) is 6.18 Å². The zero-order valence-electron chi connectivity index (χ0n) is 5.24. The van der Waals surface area contributed by atoms with E-state index in [1.807, 2.05) is 12.1 Å². The van der Waals surface area contributed by atoms with Crippen molar-refractivity contribution < 1.29 is 18.3 Å². The van der Waals surface area contributed by atoms with Crippen LogP contribution < -0.4 is 0 Å². The molecule has 0 aliphatic carbocycles. The molecule has 0 fully saturated rings. The number of aromatic hydroxyl groups is 1. The number of halogens is 3. The second-order valence-corrected chi connectivity index (χ2v) is 1.89. The SMILES string of the molecule is Oc1cc#cc(C(F)(F)F)c1. The molecule has 58 valence electrons. The smallest absolute Gasteiger partial charge is 0.424 e. The van der Waals surface area contributed by atoms with E-state index >= 15 is 0 Å². The Kier molecular flexibility index (Phi) is 1.65. The topological polar surface area (TPSA) is 20.2 Å². The van der Waals surface area contributed by atoms with Gasteiger partial charge in [0.2, 0.25) is 0 Å². The van der Waals surface area contributed by atoms with Gasteiger partial charge in [-0.05, 0) is 0 Å². The average molecular weight is 160 g/mol. The summed E-state index contributed by atoms with van der Waals surface area (Å²) in [5.74, 6) is -0.462. The molecule has 1 rings (SSSR count). The molecule has 1 aromatic rings. The van der Waals surface area contributed by atoms with Crippen molar-refractivity contribution in [1.29, 1.82) is 0 Å². The lowest BCUT2D eigenvalue weighted by Crippen LogP contribution is -2.03. The van der Waals surface area contributed by atoms with Crippen LogP contribution in [0.5, 0.6) is 5.75 Å². The lowest BCUT2D eigenvalue weighted by atomic mass is 10.2. The van der Waals surface area contributed by atoms with Crippen molar-refractivity contribution in [2.75, 3.05) is 0 Å². The first-order valence-corrected chi connectivity index (χ1v) is 2.70. The van der Waals surface area contributed by atoms with Crippen LogP contribution in [-0.4, -0.2) is 5.11 Å². The molecule has 4 heteroatoms. The Morgan fingerprint density at radius 3 is 2.36 bits per heavy atom. The lowest BCUT2D eigenvalue weighted by Gasteiger charge is -2.02. The van der Waals surface area contributed by atoms with Gasteiger partial charge in [0.25, 0.3) is 0 Å². The highest BCUT2D eigenvalue weighted by Gasteiger charge is 2.31. The summed E-state index contributed by atoms with van der Waals surface area (Å²) in [7, 11) is 0. The molecule has 0 spiro atoms. The van der Waals surface area contributed by atoms with E-state index in [1.54, 1.807) is 0 Å². The second kappa shape index (κ2) is 2.35. The Morgan fingerprint density at radius 2 is 2.00 bits per heavy atom. The van der Waals surface area contributed by atoms with Crippen LogP contribution >= 0.6 is 0 Å². The monoisotopic (exact) mass is 160 g/mol. The summed E-state index contributed by atoms with van der Waals surface area (Å²) in [6.45, 7) is 0. The summed E-state index contributed by atoms with van der Waals surface area (Å²) in [6.07, 6.45) is -4.46. The van der Waals surface area contributed by atoms with Crippen molar-refractivity contribution in [3.05, 3.63) is 29.8 Å². The fraction of sp³-hybridized carbons (Fsp3) is 0.143. The van der Waals surface area contributed by atoms with Crippen LogP contribution in [0.25, 0.3) is 0 Å². The third-order valence-corrected chi connectivity index (χ3v) is 1.02. The fourth-order valence-corrected chi connectivity index (χ4v) is 0.566. The third-order valence-electron chi connectivity index (χ3n) is 1.02. The Bertz CT molecular complexity index is 254.